The lowest BCUT2D eigenvalue weighted by Gasteiger charge is -2.29. The summed E-state index contributed by atoms with van der Waals surface area (Å²) < 4.78 is 5.01. The second kappa shape index (κ2) is 6.68. The maximum atomic E-state index is 13.3. The number of fused-ring (bicyclic) bond motifs is 4. The summed E-state index contributed by atoms with van der Waals surface area (Å²) in [5.41, 5.74) is 5.20. The number of imide groups is 1. The third kappa shape index (κ3) is 2.46. The third-order valence-corrected chi connectivity index (χ3v) is 5.86. The van der Waals surface area contributed by atoms with Gasteiger partial charge in [-0.1, -0.05) is 18.2 Å². The lowest BCUT2D eigenvalue weighted by atomic mass is 9.76. The van der Waals surface area contributed by atoms with E-state index in [1.165, 1.54) is 4.90 Å². The number of amides is 4. The summed E-state index contributed by atoms with van der Waals surface area (Å²) in [6.07, 6.45) is 0.362. The maximum Gasteiger partial charge on any atom is 0.250 e. The average Bonchev–Trinajstić information content (AvgIpc) is 3.22. The molecule has 0 aromatic heterocycles. The predicted octanol–water partition coefficient (Wildman–Crippen LogP) is -0.681. The Balaban J connectivity index is 1.78. The number of primary amides is 1. The van der Waals surface area contributed by atoms with Crippen LogP contribution in [0.15, 0.2) is 24.3 Å². The molecule has 0 bridgehead atoms. The summed E-state index contributed by atoms with van der Waals surface area (Å²) in [5.74, 6) is -3.51. The largest absolute Gasteiger partial charge is 0.385 e. The van der Waals surface area contributed by atoms with Crippen molar-refractivity contribution >= 4 is 29.3 Å². The smallest absolute Gasteiger partial charge is 0.250 e. The van der Waals surface area contributed by atoms with Crippen molar-refractivity contribution in [1.82, 2.24) is 10.2 Å². The van der Waals surface area contributed by atoms with Crippen molar-refractivity contribution in [2.75, 3.05) is 25.6 Å². The topological polar surface area (TPSA) is 131 Å². The first-order chi connectivity index (χ1) is 13.4. The Kier molecular flexibility index (Phi) is 4.43. The number of ether oxygens (including phenoxy) is 1. The fraction of sp³-hybridized carbons (Fsp3) is 0.474. The van der Waals surface area contributed by atoms with Crippen LogP contribution in [0.3, 0.4) is 0 Å². The lowest BCUT2D eigenvalue weighted by molar-refractivity contribution is -0.143. The molecule has 28 heavy (non-hydrogen) atoms. The summed E-state index contributed by atoms with van der Waals surface area (Å²) in [4.78, 5) is 52.2. The molecule has 1 aromatic carbocycles. The molecule has 0 radical (unpaired) electrons. The van der Waals surface area contributed by atoms with E-state index in [4.69, 9.17) is 10.5 Å². The molecule has 0 unspecified atom stereocenters. The second-order valence-electron chi connectivity index (χ2n) is 7.41. The number of carbonyl (C=O) groups is 4. The number of hydrogen-bond donors (Lipinski definition) is 3. The van der Waals surface area contributed by atoms with Gasteiger partial charge in [-0.15, -0.1) is 0 Å². The Morgan fingerprint density at radius 3 is 2.71 bits per heavy atom. The molecule has 4 atom stereocenters. The van der Waals surface area contributed by atoms with Gasteiger partial charge in [-0.05, 0) is 12.5 Å². The summed E-state index contributed by atoms with van der Waals surface area (Å²) >= 11 is 0. The monoisotopic (exact) mass is 386 g/mol. The number of rotatable bonds is 6. The van der Waals surface area contributed by atoms with E-state index in [1.54, 1.807) is 31.4 Å². The summed E-state index contributed by atoms with van der Waals surface area (Å²) in [5, 5.41) is 5.95. The molecule has 0 aliphatic carbocycles. The quantitative estimate of drug-likeness (QED) is 0.439. The van der Waals surface area contributed by atoms with Crippen LogP contribution in [0.2, 0.25) is 0 Å². The van der Waals surface area contributed by atoms with Crippen molar-refractivity contribution < 1.29 is 23.9 Å². The SMILES string of the molecule is COCCCN1C(=O)[C@@H]2[C@H](CC(N)=O)N[C@@]3(C(=O)Nc4ccccc43)[C@@H]2C1=O. The Morgan fingerprint density at radius 1 is 1.25 bits per heavy atom. The Morgan fingerprint density at radius 2 is 2.00 bits per heavy atom. The molecule has 1 spiro atoms. The fourth-order valence-electron chi connectivity index (χ4n) is 4.80. The fourth-order valence-corrected chi connectivity index (χ4v) is 4.80. The van der Waals surface area contributed by atoms with Crippen molar-refractivity contribution in [2.45, 2.75) is 24.4 Å². The van der Waals surface area contributed by atoms with Gasteiger partial charge in [-0.3, -0.25) is 29.4 Å². The molecule has 3 aliphatic heterocycles. The maximum absolute atomic E-state index is 13.3. The van der Waals surface area contributed by atoms with Crippen molar-refractivity contribution in [1.29, 1.82) is 0 Å². The van der Waals surface area contributed by atoms with E-state index in [9.17, 15) is 19.2 Å². The van der Waals surface area contributed by atoms with Gasteiger partial charge in [0.05, 0.1) is 11.8 Å². The number of nitrogens with one attached hydrogen (secondary N) is 2. The molecule has 4 rings (SSSR count). The van der Waals surface area contributed by atoms with Gasteiger partial charge in [0.1, 0.15) is 5.54 Å². The standard InChI is InChI=1S/C19H22N4O5/c1-28-8-4-7-23-16(25)14-12(9-13(20)24)22-19(15(14)17(23)26)10-5-2-3-6-11(10)21-18(19)27/h2-3,5-6,12,14-15,22H,4,7-9H2,1H3,(H2,20,24)(H,21,27)/t12-,14+,15-,19+/m0/s1. The van der Waals surface area contributed by atoms with E-state index in [0.717, 1.165) is 0 Å². The highest BCUT2D eigenvalue weighted by atomic mass is 16.5. The number of anilines is 1. The average molecular weight is 386 g/mol. The van der Waals surface area contributed by atoms with E-state index < -0.39 is 41.1 Å². The van der Waals surface area contributed by atoms with Crippen LogP contribution in [-0.2, 0) is 29.5 Å². The zero-order valence-electron chi connectivity index (χ0n) is 15.4. The Labute approximate surface area is 161 Å². The highest BCUT2D eigenvalue weighted by molar-refractivity contribution is 6.15. The molecular formula is C19H22N4O5. The number of hydrogen-bond acceptors (Lipinski definition) is 6. The number of methoxy groups -OCH3 is 1. The molecule has 3 heterocycles. The molecule has 4 amide bonds. The van der Waals surface area contributed by atoms with Crippen molar-refractivity contribution in [3.8, 4) is 0 Å². The molecule has 9 heteroatoms. The van der Waals surface area contributed by atoms with Crippen molar-refractivity contribution in [2.24, 2.45) is 17.6 Å². The minimum Gasteiger partial charge on any atom is -0.385 e. The van der Waals surface area contributed by atoms with Gasteiger partial charge >= 0.3 is 0 Å². The van der Waals surface area contributed by atoms with Crippen LogP contribution < -0.4 is 16.4 Å². The molecule has 2 saturated heterocycles. The molecule has 148 valence electrons. The molecular weight excluding hydrogens is 364 g/mol. The van der Waals surface area contributed by atoms with Crippen LogP contribution in [0.5, 0.6) is 0 Å². The summed E-state index contributed by atoms with van der Waals surface area (Å²) in [6.45, 7) is 0.616. The first-order valence-electron chi connectivity index (χ1n) is 9.23. The van der Waals surface area contributed by atoms with Crippen LogP contribution >= 0.6 is 0 Å². The van der Waals surface area contributed by atoms with Crippen LogP contribution in [0, 0.1) is 11.8 Å². The van der Waals surface area contributed by atoms with Gasteiger partial charge < -0.3 is 15.8 Å². The van der Waals surface area contributed by atoms with E-state index in [2.05, 4.69) is 10.6 Å². The number of carbonyl (C=O) groups excluding carboxylic acids is 4. The third-order valence-electron chi connectivity index (χ3n) is 5.86. The molecule has 0 saturated carbocycles. The van der Waals surface area contributed by atoms with Crippen LogP contribution in [0.25, 0.3) is 0 Å². The first-order valence-corrected chi connectivity index (χ1v) is 9.23. The van der Waals surface area contributed by atoms with E-state index in [0.29, 0.717) is 24.3 Å². The van der Waals surface area contributed by atoms with Crippen molar-refractivity contribution in [3.63, 3.8) is 0 Å². The van der Waals surface area contributed by atoms with Crippen LogP contribution in [-0.4, -0.2) is 54.8 Å². The Bertz CT molecular complexity index is 872. The van der Waals surface area contributed by atoms with Crippen molar-refractivity contribution in [3.05, 3.63) is 29.8 Å². The number of nitrogens with two attached hydrogens (primary N) is 1. The summed E-state index contributed by atoms with van der Waals surface area (Å²) in [7, 11) is 1.55. The van der Waals surface area contributed by atoms with Gasteiger partial charge in [-0.2, -0.15) is 0 Å². The van der Waals surface area contributed by atoms with E-state index >= 15 is 0 Å². The van der Waals surface area contributed by atoms with Crippen LogP contribution in [0.4, 0.5) is 5.69 Å². The molecule has 2 fully saturated rings. The molecule has 1 aromatic rings. The molecule has 3 aliphatic rings. The predicted molar refractivity (Wildman–Crippen MR) is 97.7 cm³/mol. The second-order valence-corrected chi connectivity index (χ2v) is 7.41. The minimum atomic E-state index is -1.38. The van der Waals surface area contributed by atoms with Gasteiger partial charge in [0.25, 0.3) is 0 Å². The van der Waals surface area contributed by atoms with E-state index in [-0.39, 0.29) is 18.9 Å². The van der Waals surface area contributed by atoms with Gasteiger partial charge in [0.2, 0.25) is 23.6 Å². The highest BCUT2D eigenvalue weighted by Crippen LogP contribution is 2.53. The first kappa shape index (κ1) is 18.6. The minimum absolute atomic E-state index is 0.136. The van der Waals surface area contributed by atoms with E-state index in [1.807, 2.05) is 0 Å². The number of likely N-dealkylation sites (tertiary alicyclic amines) is 1. The number of nitrogens with zero attached hydrogens (tertiary/aromatic N) is 1. The number of para-hydroxylation sites is 1. The normalized spacial score (nSPS) is 30.7. The molecule has 9 nitrogen and oxygen atoms in total. The molecule has 4 N–H and O–H groups in total. The van der Waals surface area contributed by atoms with Gasteiger partial charge in [0.15, 0.2) is 0 Å². The van der Waals surface area contributed by atoms with Crippen LogP contribution in [0.1, 0.15) is 18.4 Å². The lowest BCUT2D eigenvalue weighted by Crippen LogP contribution is -2.53. The zero-order valence-corrected chi connectivity index (χ0v) is 15.4. The zero-order chi connectivity index (χ0) is 20.1. The number of benzene rings is 1. The Hall–Kier alpha value is -2.78. The highest BCUT2D eigenvalue weighted by Gasteiger charge is 2.70. The van der Waals surface area contributed by atoms with Gasteiger partial charge in [-0.25, -0.2) is 0 Å². The summed E-state index contributed by atoms with van der Waals surface area (Å²) in [6, 6.07) is 6.37. The van der Waals surface area contributed by atoms with Gasteiger partial charge in [0, 0.05) is 44.0 Å².